The number of nitro groups is 1. The number of aliphatic carboxylic acids is 1. The zero-order valence-corrected chi connectivity index (χ0v) is 11.1. The van der Waals surface area contributed by atoms with Crippen molar-refractivity contribution in [2.45, 2.75) is 18.4 Å². The molecule has 0 atom stereocenters. The average Bonchev–Trinajstić information content (AvgIpc) is 3.09. The summed E-state index contributed by atoms with van der Waals surface area (Å²) in [4.78, 5) is 33.1. The number of carbonyl (C=O) groups excluding carboxylic acids is 1. The topological polar surface area (TPSA) is 110 Å². The molecule has 0 spiro atoms. The van der Waals surface area contributed by atoms with E-state index in [-0.39, 0.29) is 15.7 Å². The highest BCUT2D eigenvalue weighted by Gasteiger charge is 2.51. The number of halogens is 1. The average molecular weight is 329 g/mol. The third-order valence-electron chi connectivity index (χ3n) is 2.93. The number of nitro benzene ring substituents is 1. The van der Waals surface area contributed by atoms with Crippen LogP contribution in [0, 0.1) is 10.1 Å². The third kappa shape index (κ3) is 2.43. The minimum Gasteiger partial charge on any atom is -0.480 e. The maximum atomic E-state index is 12.0. The lowest BCUT2D eigenvalue weighted by atomic mass is 10.1. The van der Waals surface area contributed by atoms with E-state index in [9.17, 15) is 19.7 Å². The Kier molecular flexibility index (Phi) is 3.27. The molecule has 1 amide bonds. The highest BCUT2D eigenvalue weighted by molar-refractivity contribution is 9.10. The Balaban J connectivity index is 2.28. The van der Waals surface area contributed by atoms with Gasteiger partial charge in [-0.1, -0.05) is 6.07 Å². The number of hydrogen-bond acceptors (Lipinski definition) is 4. The van der Waals surface area contributed by atoms with Gasteiger partial charge in [0.2, 0.25) is 0 Å². The number of carbonyl (C=O) groups is 2. The number of nitrogens with zero attached hydrogens (tertiary/aromatic N) is 1. The second kappa shape index (κ2) is 4.61. The van der Waals surface area contributed by atoms with Crippen LogP contribution in [-0.2, 0) is 4.79 Å². The number of nitrogens with one attached hydrogen (secondary N) is 1. The zero-order chi connectivity index (χ0) is 14.2. The van der Waals surface area contributed by atoms with Crippen LogP contribution in [0.15, 0.2) is 22.7 Å². The number of carboxylic acids is 1. The van der Waals surface area contributed by atoms with Crippen molar-refractivity contribution in [2.75, 3.05) is 0 Å². The first-order valence-corrected chi connectivity index (χ1v) is 6.15. The lowest BCUT2D eigenvalue weighted by molar-refractivity contribution is -0.385. The molecular weight excluding hydrogens is 320 g/mol. The largest absolute Gasteiger partial charge is 0.480 e. The molecule has 8 heteroatoms. The molecule has 1 fully saturated rings. The molecule has 2 rings (SSSR count). The van der Waals surface area contributed by atoms with Crippen LogP contribution in [0.1, 0.15) is 23.2 Å². The van der Waals surface area contributed by atoms with E-state index in [1.54, 1.807) is 0 Å². The minimum absolute atomic E-state index is 0.0405. The van der Waals surface area contributed by atoms with E-state index in [0.29, 0.717) is 12.8 Å². The van der Waals surface area contributed by atoms with Gasteiger partial charge < -0.3 is 10.4 Å². The molecule has 0 aliphatic heterocycles. The number of amides is 1. The van der Waals surface area contributed by atoms with Crippen molar-refractivity contribution < 1.29 is 19.6 Å². The number of carboxylic acid groups (broad SMARTS) is 1. The molecule has 7 nitrogen and oxygen atoms in total. The highest BCUT2D eigenvalue weighted by Crippen LogP contribution is 2.36. The summed E-state index contributed by atoms with van der Waals surface area (Å²) >= 11 is 3.00. The molecule has 1 aromatic carbocycles. The van der Waals surface area contributed by atoms with Gasteiger partial charge in [-0.15, -0.1) is 0 Å². The standard InChI is InChI=1S/C11H9BrN2O5/c12-8-6(2-1-3-7(8)14(18)19)9(15)13-11(4-5-11)10(16)17/h1-3H,4-5H2,(H,13,15)(H,16,17). The molecule has 2 N–H and O–H groups in total. The molecule has 0 radical (unpaired) electrons. The molecule has 0 unspecified atom stereocenters. The molecule has 100 valence electrons. The summed E-state index contributed by atoms with van der Waals surface area (Å²) in [5, 5.41) is 22.1. The van der Waals surface area contributed by atoms with Crippen LogP contribution in [0.2, 0.25) is 0 Å². The molecule has 0 saturated heterocycles. The Hall–Kier alpha value is -1.96. The monoisotopic (exact) mass is 328 g/mol. The predicted octanol–water partition coefficient (Wildman–Crippen LogP) is 1.70. The van der Waals surface area contributed by atoms with Crippen molar-refractivity contribution in [1.29, 1.82) is 0 Å². The fourth-order valence-corrected chi connectivity index (χ4v) is 2.23. The fourth-order valence-electron chi connectivity index (χ4n) is 1.64. The molecule has 1 aliphatic rings. The van der Waals surface area contributed by atoms with Crippen LogP contribution in [-0.4, -0.2) is 27.4 Å². The molecule has 0 heterocycles. The van der Waals surface area contributed by atoms with Crippen molar-refractivity contribution in [3.63, 3.8) is 0 Å². The van der Waals surface area contributed by atoms with E-state index in [0.717, 1.165) is 0 Å². The quantitative estimate of drug-likeness (QED) is 0.645. The van der Waals surface area contributed by atoms with Crippen LogP contribution < -0.4 is 5.32 Å². The summed E-state index contributed by atoms with van der Waals surface area (Å²) < 4.78 is 0.0405. The van der Waals surface area contributed by atoms with E-state index in [1.165, 1.54) is 18.2 Å². The molecule has 19 heavy (non-hydrogen) atoms. The Morgan fingerprint density at radius 2 is 2.05 bits per heavy atom. The Morgan fingerprint density at radius 1 is 1.42 bits per heavy atom. The maximum absolute atomic E-state index is 12.0. The summed E-state index contributed by atoms with van der Waals surface area (Å²) in [5.74, 6) is -1.74. The highest BCUT2D eigenvalue weighted by atomic mass is 79.9. The Bertz CT molecular complexity index is 582. The van der Waals surface area contributed by atoms with Gasteiger partial charge in [-0.3, -0.25) is 14.9 Å². The van der Waals surface area contributed by atoms with Crippen LogP contribution in [0.4, 0.5) is 5.69 Å². The second-order valence-electron chi connectivity index (χ2n) is 4.24. The SMILES string of the molecule is O=C(NC1(C(=O)O)CC1)c1cccc([N+](=O)[O-])c1Br. The zero-order valence-electron chi connectivity index (χ0n) is 9.55. The maximum Gasteiger partial charge on any atom is 0.329 e. The number of benzene rings is 1. The van der Waals surface area contributed by atoms with Gasteiger partial charge in [-0.2, -0.15) is 0 Å². The van der Waals surface area contributed by atoms with Crippen LogP contribution in [0.25, 0.3) is 0 Å². The summed E-state index contributed by atoms with van der Waals surface area (Å²) in [6.45, 7) is 0. The van der Waals surface area contributed by atoms with Gasteiger partial charge in [0.1, 0.15) is 10.0 Å². The lowest BCUT2D eigenvalue weighted by Gasteiger charge is -2.13. The number of hydrogen-bond donors (Lipinski definition) is 2. The van der Waals surface area contributed by atoms with E-state index in [2.05, 4.69) is 21.2 Å². The number of rotatable bonds is 4. The summed E-state index contributed by atoms with van der Waals surface area (Å²) in [7, 11) is 0. The molecule has 1 aromatic rings. The van der Waals surface area contributed by atoms with Crippen molar-refractivity contribution in [3.8, 4) is 0 Å². The van der Waals surface area contributed by atoms with Gasteiger partial charge in [-0.25, -0.2) is 4.79 Å². The molecular formula is C11H9BrN2O5. The van der Waals surface area contributed by atoms with Crippen LogP contribution >= 0.6 is 15.9 Å². The van der Waals surface area contributed by atoms with Crippen molar-refractivity contribution >= 4 is 33.5 Å². The molecule has 0 aromatic heterocycles. The van der Waals surface area contributed by atoms with Gasteiger partial charge in [0.05, 0.1) is 10.5 Å². The first-order chi connectivity index (χ1) is 8.87. The van der Waals surface area contributed by atoms with Gasteiger partial charge in [0.15, 0.2) is 0 Å². The summed E-state index contributed by atoms with van der Waals surface area (Å²) in [5.41, 5.74) is -1.42. The van der Waals surface area contributed by atoms with E-state index in [1.807, 2.05) is 0 Å². The summed E-state index contributed by atoms with van der Waals surface area (Å²) in [6.07, 6.45) is 0.723. The van der Waals surface area contributed by atoms with Crippen molar-refractivity contribution in [1.82, 2.24) is 5.32 Å². The fraction of sp³-hybridized carbons (Fsp3) is 0.273. The van der Waals surface area contributed by atoms with Gasteiger partial charge >= 0.3 is 5.97 Å². The molecule has 0 bridgehead atoms. The van der Waals surface area contributed by atoms with Crippen LogP contribution in [0.5, 0.6) is 0 Å². The van der Waals surface area contributed by atoms with E-state index in [4.69, 9.17) is 5.11 Å². The minimum atomic E-state index is -1.22. The Morgan fingerprint density at radius 3 is 2.53 bits per heavy atom. The van der Waals surface area contributed by atoms with E-state index < -0.39 is 22.3 Å². The molecule has 1 aliphatic carbocycles. The predicted molar refractivity (Wildman–Crippen MR) is 67.9 cm³/mol. The van der Waals surface area contributed by atoms with Crippen molar-refractivity contribution in [3.05, 3.63) is 38.3 Å². The van der Waals surface area contributed by atoms with Gasteiger partial charge in [0.25, 0.3) is 11.6 Å². The first-order valence-electron chi connectivity index (χ1n) is 5.36. The van der Waals surface area contributed by atoms with Crippen LogP contribution in [0.3, 0.4) is 0 Å². The second-order valence-corrected chi connectivity index (χ2v) is 5.03. The third-order valence-corrected chi connectivity index (χ3v) is 3.77. The molecule has 1 saturated carbocycles. The van der Waals surface area contributed by atoms with Gasteiger partial charge in [0, 0.05) is 6.07 Å². The first kappa shape index (κ1) is 13.5. The normalized spacial score (nSPS) is 15.6. The van der Waals surface area contributed by atoms with Gasteiger partial charge in [-0.05, 0) is 34.8 Å². The summed E-state index contributed by atoms with van der Waals surface area (Å²) in [6, 6.07) is 4.02. The lowest BCUT2D eigenvalue weighted by Crippen LogP contribution is -2.43. The van der Waals surface area contributed by atoms with Crippen molar-refractivity contribution in [2.24, 2.45) is 0 Å². The van der Waals surface area contributed by atoms with E-state index >= 15 is 0 Å². The smallest absolute Gasteiger partial charge is 0.329 e. The Labute approximate surface area is 115 Å².